The quantitative estimate of drug-likeness (QED) is 0.930. The van der Waals surface area contributed by atoms with Crippen LogP contribution >= 0.6 is 11.6 Å². The van der Waals surface area contributed by atoms with Crippen LogP contribution in [-0.2, 0) is 13.6 Å². The first kappa shape index (κ1) is 12.2. The van der Waals surface area contributed by atoms with E-state index in [9.17, 15) is 4.79 Å². The van der Waals surface area contributed by atoms with Gasteiger partial charge < -0.3 is 5.32 Å². The average molecular weight is 280 g/mol. The number of carbonyl (C=O) groups excluding carboxylic acids is 1. The van der Waals surface area contributed by atoms with Gasteiger partial charge in [-0.2, -0.15) is 10.2 Å². The van der Waals surface area contributed by atoms with E-state index in [0.29, 0.717) is 16.5 Å². The second-order valence-electron chi connectivity index (χ2n) is 4.82. The summed E-state index contributed by atoms with van der Waals surface area (Å²) in [7, 11) is 1.69. The molecule has 0 aliphatic heterocycles. The van der Waals surface area contributed by atoms with Crippen LogP contribution in [0.25, 0.3) is 0 Å². The molecule has 1 aliphatic rings. The van der Waals surface area contributed by atoms with Gasteiger partial charge in [0.25, 0.3) is 5.91 Å². The van der Waals surface area contributed by atoms with E-state index in [1.54, 1.807) is 13.2 Å². The zero-order valence-electron chi connectivity index (χ0n) is 10.5. The lowest BCUT2D eigenvalue weighted by Gasteiger charge is -1.99. The molecule has 0 aromatic carbocycles. The van der Waals surface area contributed by atoms with Gasteiger partial charge in [-0.1, -0.05) is 11.6 Å². The molecule has 0 saturated heterocycles. The summed E-state index contributed by atoms with van der Waals surface area (Å²) in [6.45, 7) is 0.922. The number of aryl methyl sites for hydroxylation is 1. The summed E-state index contributed by atoms with van der Waals surface area (Å²) < 4.78 is 3.31. The van der Waals surface area contributed by atoms with Crippen LogP contribution in [0.2, 0.25) is 5.15 Å². The minimum Gasteiger partial charge on any atom is -0.318 e. The molecule has 1 fully saturated rings. The number of carbonyl (C=O) groups is 1. The van der Waals surface area contributed by atoms with Crippen LogP contribution < -0.4 is 5.32 Å². The summed E-state index contributed by atoms with van der Waals surface area (Å²) in [4.78, 5) is 11.9. The molecule has 6 nitrogen and oxygen atoms in total. The smallest absolute Gasteiger partial charge is 0.276 e. The van der Waals surface area contributed by atoms with Crippen LogP contribution in [0, 0.1) is 5.92 Å². The van der Waals surface area contributed by atoms with Crippen molar-refractivity contribution in [1.82, 2.24) is 19.6 Å². The number of aromatic nitrogens is 4. The maximum Gasteiger partial charge on any atom is 0.276 e. The number of halogens is 1. The molecule has 2 heterocycles. The van der Waals surface area contributed by atoms with E-state index in [0.717, 1.165) is 12.5 Å². The molecule has 0 spiro atoms. The van der Waals surface area contributed by atoms with E-state index < -0.39 is 0 Å². The Labute approximate surface area is 115 Å². The van der Waals surface area contributed by atoms with Gasteiger partial charge in [0, 0.05) is 25.9 Å². The van der Waals surface area contributed by atoms with E-state index in [-0.39, 0.29) is 5.91 Å². The second-order valence-corrected chi connectivity index (χ2v) is 5.21. The molecule has 1 N–H and O–H groups in total. The highest BCUT2D eigenvalue weighted by Gasteiger charge is 2.22. The van der Waals surface area contributed by atoms with Crippen molar-refractivity contribution in [1.29, 1.82) is 0 Å². The number of amides is 1. The summed E-state index contributed by atoms with van der Waals surface area (Å²) in [6, 6.07) is 1.53. The first-order valence-electron chi connectivity index (χ1n) is 6.15. The molecule has 1 amide bonds. The standard InChI is InChI=1S/C12H14ClN5O/c1-17-11(13)4-10(16-17)12(19)15-9-5-14-18(7-9)6-8-2-3-8/h4-5,7-8H,2-3,6H2,1H3,(H,15,19). The maximum absolute atomic E-state index is 11.9. The Kier molecular flexibility index (Phi) is 3.02. The van der Waals surface area contributed by atoms with Crippen molar-refractivity contribution in [3.05, 3.63) is 29.3 Å². The van der Waals surface area contributed by atoms with Gasteiger partial charge in [0.05, 0.1) is 11.9 Å². The molecule has 0 atom stereocenters. The van der Waals surface area contributed by atoms with Crippen molar-refractivity contribution in [2.75, 3.05) is 5.32 Å². The van der Waals surface area contributed by atoms with Gasteiger partial charge in [-0.15, -0.1) is 0 Å². The fourth-order valence-electron chi connectivity index (χ4n) is 1.84. The summed E-state index contributed by atoms with van der Waals surface area (Å²) in [6.07, 6.45) is 6.02. The van der Waals surface area contributed by atoms with Crippen molar-refractivity contribution in [3.8, 4) is 0 Å². The van der Waals surface area contributed by atoms with Gasteiger partial charge in [-0.25, -0.2) is 0 Å². The monoisotopic (exact) mass is 279 g/mol. The molecule has 2 aromatic rings. The Morgan fingerprint density at radius 2 is 2.37 bits per heavy atom. The number of nitrogens with one attached hydrogen (secondary N) is 1. The molecule has 1 aliphatic carbocycles. The lowest BCUT2D eigenvalue weighted by Crippen LogP contribution is -2.12. The Bertz CT molecular complexity index is 594. The van der Waals surface area contributed by atoms with E-state index in [1.165, 1.54) is 23.6 Å². The Hall–Kier alpha value is -1.82. The summed E-state index contributed by atoms with van der Waals surface area (Å²) >= 11 is 5.85. The van der Waals surface area contributed by atoms with E-state index >= 15 is 0 Å². The van der Waals surface area contributed by atoms with Crippen LogP contribution in [-0.4, -0.2) is 25.5 Å². The van der Waals surface area contributed by atoms with Crippen LogP contribution in [0.5, 0.6) is 0 Å². The molecule has 0 radical (unpaired) electrons. The SMILES string of the molecule is Cn1nc(C(=O)Nc2cnn(CC3CC3)c2)cc1Cl. The highest BCUT2D eigenvalue weighted by molar-refractivity contribution is 6.30. The van der Waals surface area contributed by atoms with E-state index in [4.69, 9.17) is 11.6 Å². The third kappa shape index (κ3) is 2.78. The van der Waals surface area contributed by atoms with Gasteiger partial charge >= 0.3 is 0 Å². The fourth-order valence-corrected chi connectivity index (χ4v) is 1.98. The van der Waals surface area contributed by atoms with Gasteiger partial charge in [0.15, 0.2) is 5.69 Å². The molecular weight excluding hydrogens is 266 g/mol. The first-order chi connectivity index (χ1) is 9.11. The normalized spacial score (nSPS) is 14.6. The Morgan fingerprint density at radius 1 is 1.58 bits per heavy atom. The van der Waals surface area contributed by atoms with Crippen molar-refractivity contribution in [2.24, 2.45) is 13.0 Å². The molecule has 100 valence electrons. The number of nitrogens with zero attached hydrogens (tertiary/aromatic N) is 4. The fraction of sp³-hybridized carbons (Fsp3) is 0.417. The summed E-state index contributed by atoms with van der Waals surface area (Å²) in [5.41, 5.74) is 0.967. The van der Waals surface area contributed by atoms with Gasteiger partial charge in [0.1, 0.15) is 5.15 Å². The topological polar surface area (TPSA) is 64.7 Å². The minimum absolute atomic E-state index is 0.284. The molecular formula is C12H14ClN5O. The van der Waals surface area contributed by atoms with Crippen molar-refractivity contribution in [3.63, 3.8) is 0 Å². The minimum atomic E-state index is -0.284. The Balaban J connectivity index is 1.66. The number of hydrogen-bond acceptors (Lipinski definition) is 3. The van der Waals surface area contributed by atoms with Crippen molar-refractivity contribution >= 4 is 23.2 Å². The molecule has 0 unspecified atom stereocenters. The van der Waals surface area contributed by atoms with Crippen molar-refractivity contribution < 1.29 is 4.79 Å². The maximum atomic E-state index is 11.9. The summed E-state index contributed by atoms with van der Waals surface area (Å²) in [5, 5.41) is 11.4. The zero-order valence-corrected chi connectivity index (χ0v) is 11.3. The summed E-state index contributed by atoms with van der Waals surface area (Å²) in [5.74, 6) is 0.464. The molecule has 19 heavy (non-hydrogen) atoms. The number of rotatable bonds is 4. The molecule has 3 rings (SSSR count). The van der Waals surface area contributed by atoms with Gasteiger partial charge in [-0.05, 0) is 18.8 Å². The zero-order chi connectivity index (χ0) is 13.4. The first-order valence-corrected chi connectivity index (χ1v) is 6.53. The molecule has 2 aromatic heterocycles. The van der Waals surface area contributed by atoms with Crippen LogP contribution in [0.1, 0.15) is 23.3 Å². The van der Waals surface area contributed by atoms with Gasteiger partial charge in [0.2, 0.25) is 0 Å². The van der Waals surface area contributed by atoms with E-state index in [1.807, 2.05) is 10.9 Å². The number of hydrogen-bond donors (Lipinski definition) is 1. The van der Waals surface area contributed by atoms with Crippen LogP contribution in [0.15, 0.2) is 18.5 Å². The average Bonchev–Trinajstić information content (AvgIpc) is 2.97. The Morgan fingerprint density at radius 3 is 3.00 bits per heavy atom. The van der Waals surface area contributed by atoms with Gasteiger partial charge in [-0.3, -0.25) is 14.2 Å². The predicted molar refractivity (Wildman–Crippen MR) is 71.1 cm³/mol. The molecule has 1 saturated carbocycles. The number of anilines is 1. The van der Waals surface area contributed by atoms with Crippen LogP contribution in [0.4, 0.5) is 5.69 Å². The highest BCUT2D eigenvalue weighted by Crippen LogP contribution is 2.30. The third-order valence-electron chi connectivity index (χ3n) is 3.09. The molecule has 0 bridgehead atoms. The predicted octanol–water partition coefficient (Wildman–Crippen LogP) is 1.93. The van der Waals surface area contributed by atoms with Crippen LogP contribution in [0.3, 0.4) is 0 Å². The highest BCUT2D eigenvalue weighted by atomic mass is 35.5. The molecule has 7 heteroatoms. The van der Waals surface area contributed by atoms with E-state index in [2.05, 4.69) is 15.5 Å². The van der Waals surface area contributed by atoms with Crippen molar-refractivity contribution in [2.45, 2.75) is 19.4 Å². The second kappa shape index (κ2) is 4.70. The largest absolute Gasteiger partial charge is 0.318 e. The lowest BCUT2D eigenvalue weighted by atomic mass is 10.4. The third-order valence-corrected chi connectivity index (χ3v) is 3.44. The lowest BCUT2D eigenvalue weighted by molar-refractivity contribution is 0.102.